The molecule has 1 unspecified atom stereocenters. The number of carbonyl (C=O) groups excluding carboxylic acids is 2. The van der Waals surface area contributed by atoms with Crippen LogP contribution in [0.3, 0.4) is 0 Å². The molecule has 2 heterocycles. The minimum atomic E-state index is -0.498. The van der Waals surface area contributed by atoms with Gasteiger partial charge < -0.3 is 0 Å². The molecule has 0 spiro atoms. The first kappa shape index (κ1) is 14.5. The molecule has 7 heteroatoms. The Hall–Kier alpha value is -1.92. The molecule has 0 radical (unpaired) electrons. The summed E-state index contributed by atoms with van der Waals surface area (Å²) >= 11 is 0. The zero-order chi connectivity index (χ0) is 15.2. The van der Waals surface area contributed by atoms with E-state index in [9.17, 15) is 9.59 Å². The Balaban J connectivity index is 2.49. The average molecular weight is 280 g/mol. The molecule has 0 aliphatic carbocycles. The van der Waals surface area contributed by atoms with Gasteiger partial charge in [-0.05, 0) is 5.92 Å². The van der Waals surface area contributed by atoms with Gasteiger partial charge in [0.1, 0.15) is 0 Å². The first-order valence-corrected chi connectivity index (χ1v) is 6.70. The van der Waals surface area contributed by atoms with Gasteiger partial charge in [0.15, 0.2) is 0 Å². The number of carbonyl (C=O) groups is 2. The predicted octanol–water partition coefficient (Wildman–Crippen LogP) is -0.123. The Morgan fingerprint density at radius 1 is 1.20 bits per heavy atom. The second-order valence-corrected chi connectivity index (χ2v) is 5.85. The number of hydrogen-bond acceptors (Lipinski definition) is 2. The Labute approximate surface area is 119 Å². The molecule has 2 aliphatic heterocycles. The van der Waals surface area contributed by atoms with E-state index in [-0.39, 0.29) is 11.9 Å². The molecule has 1 saturated heterocycles. The summed E-state index contributed by atoms with van der Waals surface area (Å²) in [7, 11) is 6.95. The SMILES string of the molecule is CC(C)CN1C(=[N+](C)C)N=C2C1C(=O)N(C)C(=O)N2C. The van der Waals surface area contributed by atoms with Crippen LogP contribution in [-0.4, -0.2) is 83.8 Å². The van der Waals surface area contributed by atoms with Crippen molar-refractivity contribution in [1.82, 2.24) is 14.7 Å². The highest BCUT2D eigenvalue weighted by atomic mass is 16.2. The zero-order valence-electron chi connectivity index (χ0n) is 12.9. The van der Waals surface area contributed by atoms with E-state index >= 15 is 0 Å². The molecular weight excluding hydrogens is 258 g/mol. The number of hydrogen-bond donors (Lipinski definition) is 0. The van der Waals surface area contributed by atoms with Gasteiger partial charge in [0, 0.05) is 14.1 Å². The van der Waals surface area contributed by atoms with Gasteiger partial charge in [0.05, 0.1) is 20.6 Å². The van der Waals surface area contributed by atoms with Crippen LogP contribution in [-0.2, 0) is 4.79 Å². The van der Waals surface area contributed by atoms with Crippen molar-refractivity contribution in [1.29, 1.82) is 0 Å². The van der Waals surface area contributed by atoms with Crippen molar-refractivity contribution >= 4 is 23.7 Å². The van der Waals surface area contributed by atoms with E-state index in [0.29, 0.717) is 18.3 Å². The standard InChI is InChI=1S/C13H22N5O2/c1-8(2)7-18-9-10(14-12(18)15(3)4)16(5)13(20)17(6)11(9)19/h8-9H,7H2,1-6H3/q+1. The molecule has 3 amide bonds. The number of guanidine groups is 1. The summed E-state index contributed by atoms with van der Waals surface area (Å²) in [6, 6.07) is -0.836. The molecule has 2 rings (SSSR count). The van der Waals surface area contributed by atoms with Crippen LogP contribution in [0.25, 0.3) is 0 Å². The fourth-order valence-corrected chi connectivity index (χ4v) is 2.52. The first-order valence-electron chi connectivity index (χ1n) is 6.70. The fraction of sp³-hybridized carbons (Fsp3) is 0.692. The molecule has 110 valence electrons. The molecule has 0 aromatic carbocycles. The number of urea groups is 1. The molecule has 0 aromatic heterocycles. The summed E-state index contributed by atoms with van der Waals surface area (Å²) in [4.78, 5) is 33.5. The molecule has 0 aromatic rings. The minimum Gasteiger partial charge on any atom is -0.270 e. The Bertz CT molecular complexity index is 519. The third kappa shape index (κ3) is 2.07. The lowest BCUT2D eigenvalue weighted by Crippen LogP contribution is -2.63. The van der Waals surface area contributed by atoms with Crippen molar-refractivity contribution in [2.45, 2.75) is 19.9 Å². The van der Waals surface area contributed by atoms with Crippen LogP contribution in [0.5, 0.6) is 0 Å². The number of fused-ring (bicyclic) bond motifs is 1. The summed E-state index contributed by atoms with van der Waals surface area (Å²) in [6.45, 7) is 4.90. The van der Waals surface area contributed by atoms with Crippen LogP contribution >= 0.6 is 0 Å². The zero-order valence-corrected chi connectivity index (χ0v) is 12.9. The molecule has 1 atom stereocenters. The van der Waals surface area contributed by atoms with Crippen LogP contribution in [0.2, 0.25) is 0 Å². The highest BCUT2D eigenvalue weighted by Gasteiger charge is 2.54. The van der Waals surface area contributed by atoms with E-state index < -0.39 is 6.04 Å². The number of aliphatic imine (C=N–C) groups is 1. The second kappa shape index (κ2) is 4.88. The van der Waals surface area contributed by atoms with E-state index in [2.05, 4.69) is 18.8 Å². The smallest absolute Gasteiger partial charge is 0.270 e. The number of rotatable bonds is 2. The van der Waals surface area contributed by atoms with Crippen LogP contribution < -0.4 is 0 Å². The van der Waals surface area contributed by atoms with Gasteiger partial charge in [0.2, 0.25) is 11.9 Å². The molecular formula is C13H22N5O2+. The quantitative estimate of drug-likeness (QED) is 0.662. The number of amides is 3. The maximum atomic E-state index is 12.4. The maximum Gasteiger partial charge on any atom is 0.392 e. The predicted molar refractivity (Wildman–Crippen MR) is 75.8 cm³/mol. The number of amidine groups is 1. The lowest BCUT2D eigenvalue weighted by atomic mass is 10.1. The normalized spacial score (nSPS) is 22.8. The molecule has 2 aliphatic rings. The summed E-state index contributed by atoms with van der Waals surface area (Å²) in [5, 5.41) is 0. The minimum absolute atomic E-state index is 0.218. The van der Waals surface area contributed by atoms with Crippen LogP contribution in [0, 0.1) is 5.92 Å². The maximum absolute atomic E-state index is 12.4. The third-order valence-corrected chi connectivity index (χ3v) is 3.47. The van der Waals surface area contributed by atoms with Gasteiger partial charge in [-0.25, -0.2) is 9.69 Å². The number of likely N-dealkylation sites (N-methyl/N-ethyl adjacent to an activating group) is 2. The molecule has 7 nitrogen and oxygen atoms in total. The summed E-state index contributed by atoms with van der Waals surface area (Å²) in [5.74, 6) is 1.41. The van der Waals surface area contributed by atoms with Gasteiger partial charge in [-0.15, -0.1) is 0 Å². The fourth-order valence-electron chi connectivity index (χ4n) is 2.52. The van der Waals surface area contributed by atoms with Gasteiger partial charge >= 0.3 is 12.0 Å². The Morgan fingerprint density at radius 3 is 2.30 bits per heavy atom. The third-order valence-electron chi connectivity index (χ3n) is 3.47. The molecule has 0 N–H and O–H groups in total. The Morgan fingerprint density at radius 2 is 1.80 bits per heavy atom. The highest BCUT2D eigenvalue weighted by Crippen LogP contribution is 2.23. The monoisotopic (exact) mass is 280 g/mol. The molecule has 0 saturated carbocycles. The van der Waals surface area contributed by atoms with Crippen molar-refractivity contribution in [2.24, 2.45) is 10.9 Å². The molecule has 0 bridgehead atoms. The highest BCUT2D eigenvalue weighted by molar-refractivity contribution is 6.25. The van der Waals surface area contributed by atoms with Gasteiger partial charge in [-0.1, -0.05) is 18.8 Å². The first-order chi connectivity index (χ1) is 9.25. The summed E-state index contributed by atoms with van der Waals surface area (Å²) < 4.78 is 1.87. The summed E-state index contributed by atoms with van der Waals surface area (Å²) in [5.41, 5.74) is 0. The van der Waals surface area contributed by atoms with E-state index in [0.717, 1.165) is 10.9 Å². The topological polar surface area (TPSA) is 59.2 Å². The van der Waals surface area contributed by atoms with Crippen molar-refractivity contribution in [3.63, 3.8) is 0 Å². The van der Waals surface area contributed by atoms with Gasteiger partial charge in [0.25, 0.3) is 5.91 Å². The van der Waals surface area contributed by atoms with E-state index in [1.54, 1.807) is 7.05 Å². The Kier molecular flexibility index (Phi) is 3.54. The second-order valence-electron chi connectivity index (χ2n) is 5.85. The van der Waals surface area contributed by atoms with Crippen LogP contribution in [0.4, 0.5) is 4.79 Å². The van der Waals surface area contributed by atoms with E-state index in [1.165, 1.54) is 11.9 Å². The van der Waals surface area contributed by atoms with Crippen LogP contribution in [0.15, 0.2) is 4.99 Å². The van der Waals surface area contributed by atoms with E-state index in [4.69, 9.17) is 0 Å². The molecule has 20 heavy (non-hydrogen) atoms. The van der Waals surface area contributed by atoms with Crippen molar-refractivity contribution in [3.8, 4) is 0 Å². The van der Waals surface area contributed by atoms with Crippen molar-refractivity contribution in [2.75, 3.05) is 34.7 Å². The largest absolute Gasteiger partial charge is 0.392 e. The number of nitrogens with zero attached hydrogens (tertiary/aromatic N) is 5. The van der Waals surface area contributed by atoms with Gasteiger partial charge in [-0.2, -0.15) is 0 Å². The average Bonchev–Trinajstić information content (AvgIpc) is 2.72. The molecule has 1 fully saturated rings. The summed E-state index contributed by atoms with van der Waals surface area (Å²) in [6.07, 6.45) is 0. The van der Waals surface area contributed by atoms with Crippen molar-refractivity contribution in [3.05, 3.63) is 0 Å². The van der Waals surface area contributed by atoms with E-state index in [1.807, 2.05) is 23.6 Å². The van der Waals surface area contributed by atoms with Gasteiger partial charge in [-0.3, -0.25) is 19.2 Å². The lowest BCUT2D eigenvalue weighted by Gasteiger charge is -2.33. The number of imide groups is 1. The lowest BCUT2D eigenvalue weighted by molar-refractivity contribution is -0.470. The van der Waals surface area contributed by atoms with Crippen molar-refractivity contribution < 1.29 is 14.2 Å². The van der Waals surface area contributed by atoms with Crippen LogP contribution in [0.1, 0.15) is 13.8 Å².